The third-order valence-electron chi connectivity index (χ3n) is 3.98. The second-order valence-electron chi connectivity index (χ2n) is 5.91. The number of nitrogens with two attached hydrogens (primary N) is 1. The van der Waals surface area contributed by atoms with Crippen LogP contribution in [0, 0.1) is 0 Å². The SMILES string of the molecule is CCCC(C)NC(=O)COc1ccc2c(c1)C(N)CCC2. The Labute approximate surface area is 127 Å². The van der Waals surface area contributed by atoms with Gasteiger partial charge in [-0.05, 0) is 55.9 Å². The predicted octanol–water partition coefficient (Wildman–Crippen LogP) is 2.71. The average molecular weight is 290 g/mol. The first-order valence-electron chi connectivity index (χ1n) is 7.90. The summed E-state index contributed by atoms with van der Waals surface area (Å²) in [6, 6.07) is 6.28. The molecule has 1 aliphatic rings. The zero-order valence-electron chi connectivity index (χ0n) is 13.0. The van der Waals surface area contributed by atoms with Gasteiger partial charge >= 0.3 is 0 Å². The van der Waals surface area contributed by atoms with Gasteiger partial charge in [-0.1, -0.05) is 19.4 Å². The van der Waals surface area contributed by atoms with E-state index in [2.05, 4.69) is 18.3 Å². The van der Waals surface area contributed by atoms with Crippen LogP contribution < -0.4 is 15.8 Å². The fourth-order valence-electron chi connectivity index (χ4n) is 2.87. The Kier molecular flexibility index (Phi) is 5.62. The van der Waals surface area contributed by atoms with Crippen LogP contribution in [-0.2, 0) is 11.2 Å². The molecule has 3 N–H and O–H groups in total. The van der Waals surface area contributed by atoms with E-state index in [0.29, 0.717) is 0 Å². The maximum Gasteiger partial charge on any atom is 0.258 e. The highest BCUT2D eigenvalue weighted by atomic mass is 16.5. The third kappa shape index (κ3) is 4.46. The number of fused-ring (bicyclic) bond motifs is 1. The molecule has 0 radical (unpaired) electrons. The molecular weight excluding hydrogens is 264 g/mol. The van der Waals surface area contributed by atoms with Crippen molar-refractivity contribution >= 4 is 5.91 Å². The Bertz CT molecular complexity index is 488. The molecule has 0 saturated carbocycles. The summed E-state index contributed by atoms with van der Waals surface area (Å²) in [5.74, 6) is 0.655. The summed E-state index contributed by atoms with van der Waals surface area (Å²) >= 11 is 0. The molecule has 2 unspecified atom stereocenters. The van der Waals surface area contributed by atoms with E-state index in [4.69, 9.17) is 10.5 Å². The van der Waals surface area contributed by atoms with E-state index in [1.54, 1.807) is 0 Å². The number of amides is 1. The highest BCUT2D eigenvalue weighted by Crippen LogP contribution is 2.30. The summed E-state index contributed by atoms with van der Waals surface area (Å²) in [4.78, 5) is 11.8. The van der Waals surface area contributed by atoms with Crippen LogP contribution in [-0.4, -0.2) is 18.6 Å². The molecule has 0 bridgehead atoms. The lowest BCUT2D eigenvalue weighted by Gasteiger charge is -2.22. The topological polar surface area (TPSA) is 64.3 Å². The number of nitrogens with one attached hydrogen (secondary N) is 1. The number of hydrogen-bond acceptors (Lipinski definition) is 3. The van der Waals surface area contributed by atoms with Crippen molar-refractivity contribution in [2.45, 2.75) is 58.0 Å². The molecule has 0 aliphatic heterocycles. The summed E-state index contributed by atoms with van der Waals surface area (Å²) in [6.45, 7) is 4.18. The van der Waals surface area contributed by atoms with Gasteiger partial charge in [0.2, 0.25) is 0 Å². The molecule has 0 heterocycles. The van der Waals surface area contributed by atoms with E-state index in [1.807, 2.05) is 19.1 Å². The molecule has 0 spiro atoms. The van der Waals surface area contributed by atoms with Crippen molar-refractivity contribution in [2.75, 3.05) is 6.61 Å². The highest BCUT2D eigenvalue weighted by molar-refractivity contribution is 5.77. The smallest absolute Gasteiger partial charge is 0.258 e. The first-order chi connectivity index (χ1) is 10.1. The number of hydrogen-bond donors (Lipinski definition) is 2. The monoisotopic (exact) mass is 290 g/mol. The summed E-state index contributed by atoms with van der Waals surface area (Å²) in [6.07, 6.45) is 5.29. The minimum atomic E-state index is -0.0713. The maximum absolute atomic E-state index is 11.8. The van der Waals surface area contributed by atoms with Crippen LogP contribution in [0.15, 0.2) is 18.2 Å². The minimum absolute atomic E-state index is 0.0576. The molecule has 1 aromatic carbocycles. The quantitative estimate of drug-likeness (QED) is 0.846. The van der Waals surface area contributed by atoms with E-state index in [1.165, 1.54) is 11.1 Å². The molecule has 1 aromatic rings. The second-order valence-corrected chi connectivity index (χ2v) is 5.91. The van der Waals surface area contributed by atoms with Gasteiger partial charge in [-0.25, -0.2) is 0 Å². The molecule has 0 aromatic heterocycles. The molecule has 0 fully saturated rings. The molecule has 2 atom stereocenters. The maximum atomic E-state index is 11.8. The lowest BCUT2D eigenvalue weighted by atomic mass is 9.88. The molecule has 4 heteroatoms. The standard InChI is InChI=1S/C17H26N2O2/c1-3-5-12(2)19-17(20)11-21-14-9-8-13-6-4-7-16(18)15(13)10-14/h8-10,12,16H,3-7,11,18H2,1-2H3,(H,19,20). The van der Waals surface area contributed by atoms with Crippen molar-refractivity contribution in [2.24, 2.45) is 5.73 Å². The summed E-state index contributed by atoms with van der Waals surface area (Å²) < 4.78 is 5.59. The Morgan fingerprint density at radius 3 is 3.10 bits per heavy atom. The zero-order valence-corrected chi connectivity index (χ0v) is 13.0. The van der Waals surface area contributed by atoms with Crippen molar-refractivity contribution < 1.29 is 9.53 Å². The predicted molar refractivity (Wildman–Crippen MR) is 84.3 cm³/mol. The average Bonchev–Trinajstić information content (AvgIpc) is 2.46. The van der Waals surface area contributed by atoms with E-state index in [-0.39, 0.29) is 24.6 Å². The molecule has 2 rings (SSSR count). The molecule has 1 aliphatic carbocycles. The van der Waals surface area contributed by atoms with Gasteiger partial charge in [-0.3, -0.25) is 4.79 Å². The van der Waals surface area contributed by atoms with Crippen LogP contribution in [0.5, 0.6) is 5.75 Å². The van der Waals surface area contributed by atoms with Crippen molar-refractivity contribution in [1.29, 1.82) is 0 Å². The van der Waals surface area contributed by atoms with E-state index < -0.39 is 0 Å². The first-order valence-corrected chi connectivity index (χ1v) is 7.90. The number of rotatable bonds is 6. The van der Waals surface area contributed by atoms with Crippen molar-refractivity contribution in [1.82, 2.24) is 5.32 Å². The number of carbonyl (C=O) groups excluding carboxylic acids is 1. The lowest BCUT2D eigenvalue weighted by Crippen LogP contribution is -2.35. The fraction of sp³-hybridized carbons (Fsp3) is 0.588. The molecule has 0 saturated heterocycles. The van der Waals surface area contributed by atoms with Gasteiger partial charge in [-0.2, -0.15) is 0 Å². The minimum Gasteiger partial charge on any atom is -0.484 e. The highest BCUT2D eigenvalue weighted by Gasteiger charge is 2.17. The van der Waals surface area contributed by atoms with Gasteiger partial charge in [0.05, 0.1) is 0 Å². The number of aryl methyl sites for hydroxylation is 1. The van der Waals surface area contributed by atoms with Crippen LogP contribution in [0.25, 0.3) is 0 Å². The molecule has 116 valence electrons. The Balaban J connectivity index is 1.89. The van der Waals surface area contributed by atoms with Gasteiger partial charge in [-0.15, -0.1) is 0 Å². The van der Waals surface area contributed by atoms with Crippen molar-refractivity contribution in [3.8, 4) is 5.75 Å². The first kappa shape index (κ1) is 15.8. The molecule has 21 heavy (non-hydrogen) atoms. The molecule has 4 nitrogen and oxygen atoms in total. The van der Waals surface area contributed by atoms with Crippen LogP contribution in [0.1, 0.15) is 56.7 Å². The van der Waals surface area contributed by atoms with E-state index in [9.17, 15) is 4.79 Å². The fourth-order valence-corrected chi connectivity index (χ4v) is 2.87. The number of benzene rings is 1. The normalized spacial score (nSPS) is 18.7. The summed E-state index contributed by atoms with van der Waals surface area (Å²) in [5.41, 5.74) is 8.61. The van der Waals surface area contributed by atoms with Crippen molar-refractivity contribution in [3.05, 3.63) is 29.3 Å². The Morgan fingerprint density at radius 1 is 1.52 bits per heavy atom. The van der Waals surface area contributed by atoms with Gasteiger partial charge in [0, 0.05) is 12.1 Å². The van der Waals surface area contributed by atoms with Gasteiger partial charge < -0.3 is 15.8 Å². The van der Waals surface area contributed by atoms with Crippen LogP contribution >= 0.6 is 0 Å². The van der Waals surface area contributed by atoms with Crippen LogP contribution in [0.4, 0.5) is 0 Å². The van der Waals surface area contributed by atoms with E-state index >= 15 is 0 Å². The van der Waals surface area contributed by atoms with E-state index in [0.717, 1.165) is 37.9 Å². The summed E-state index contributed by atoms with van der Waals surface area (Å²) in [5, 5.41) is 2.93. The largest absolute Gasteiger partial charge is 0.484 e. The lowest BCUT2D eigenvalue weighted by molar-refractivity contribution is -0.123. The second kappa shape index (κ2) is 7.46. The van der Waals surface area contributed by atoms with Gasteiger partial charge in [0.25, 0.3) is 5.91 Å². The van der Waals surface area contributed by atoms with Crippen LogP contribution in [0.3, 0.4) is 0 Å². The van der Waals surface area contributed by atoms with Crippen LogP contribution in [0.2, 0.25) is 0 Å². The third-order valence-corrected chi connectivity index (χ3v) is 3.98. The van der Waals surface area contributed by atoms with Gasteiger partial charge in [0.15, 0.2) is 6.61 Å². The number of ether oxygens (including phenoxy) is 1. The Morgan fingerprint density at radius 2 is 2.33 bits per heavy atom. The van der Waals surface area contributed by atoms with Crippen molar-refractivity contribution in [3.63, 3.8) is 0 Å². The number of carbonyl (C=O) groups is 1. The molecular formula is C17H26N2O2. The summed E-state index contributed by atoms with van der Waals surface area (Å²) in [7, 11) is 0. The zero-order chi connectivity index (χ0) is 15.2. The van der Waals surface area contributed by atoms with Gasteiger partial charge in [0.1, 0.15) is 5.75 Å². The molecule has 1 amide bonds. The Hall–Kier alpha value is -1.55.